The summed E-state index contributed by atoms with van der Waals surface area (Å²) in [5, 5.41) is 9.16. The van der Waals surface area contributed by atoms with E-state index in [4.69, 9.17) is 5.11 Å². The number of hydrogen-bond acceptors (Lipinski definition) is 4. The Morgan fingerprint density at radius 1 is 1.00 bits per heavy atom. The second-order valence-electron chi connectivity index (χ2n) is 5.09. The van der Waals surface area contributed by atoms with Crippen molar-refractivity contribution in [3.63, 3.8) is 0 Å². The molecule has 0 amide bonds. The van der Waals surface area contributed by atoms with Gasteiger partial charge in [-0.25, -0.2) is 4.39 Å². The highest BCUT2D eigenvalue weighted by Crippen LogP contribution is 2.24. The molecule has 1 fully saturated rings. The predicted octanol–water partition coefficient (Wildman–Crippen LogP) is 2.04. The van der Waals surface area contributed by atoms with E-state index >= 15 is 0 Å². The highest BCUT2D eigenvalue weighted by Gasteiger charge is 2.20. The first kappa shape index (κ1) is 13.8. The van der Waals surface area contributed by atoms with E-state index in [9.17, 15) is 4.39 Å². The molecule has 1 aromatic heterocycles. The van der Waals surface area contributed by atoms with Crippen LogP contribution in [0.25, 0.3) is 0 Å². The third-order valence-corrected chi connectivity index (χ3v) is 3.88. The smallest absolute Gasteiger partial charge is 0.151 e. The Kier molecular flexibility index (Phi) is 4.01. The van der Waals surface area contributed by atoms with Crippen LogP contribution < -0.4 is 9.80 Å². The lowest BCUT2D eigenvalue weighted by Crippen LogP contribution is -2.46. The molecule has 0 aliphatic carbocycles. The van der Waals surface area contributed by atoms with Crippen molar-refractivity contribution < 1.29 is 9.50 Å². The summed E-state index contributed by atoms with van der Waals surface area (Å²) in [5.74, 6) is -0.308. The molecule has 1 aromatic carbocycles. The predicted molar refractivity (Wildman–Crippen MR) is 81.0 cm³/mol. The van der Waals surface area contributed by atoms with Gasteiger partial charge >= 0.3 is 0 Å². The van der Waals surface area contributed by atoms with Gasteiger partial charge in [-0.05, 0) is 18.2 Å². The summed E-state index contributed by atoms with van der Waals surface area (Å²) in [6.45, 7) is 2.93. The van der Waals surface area contributed by atoms with E-state index in [2.05, 4.69) is 9.88 Å². The lowest BCUT2D eigenvalue weighted by molar-refractivity contribution is 0.276. The molecule has 0 radical (unpaired) electrons. The first-order chi connectivity index (χ1) is 10.3. The summed E-state index contributed by atoms with van der Waals surface area (Å²) in [4.78, 5) is 8.33. The van der Waals surface area contributed by atoms with Crippen LogP contribution in [0.5, 0.6) is 0 Å². The topological polar surface area (TPSA) is 39.6 Å². The lowest BCUT2D eigenvalue weighted by Gasteiger charge is -2.37. The van der Waals surface area contributed by atoms with Crippen LogP contribution in [0.3, 0.4) is 0 Å². The van der Waals surface area contributed by atoms with Gasteiger partial charge in [0.25, 0.3) is 0 Å². The monoisotopic (exact) mass is 287 g/mol. The highest BCUT2D eigenvalue weighted by atomic mass is 19.1. The summed E-state index contributed by atoms with van der Waals surface area (Å²) in [6, 6.07) is 9.16. The van der Waals surface area contributed by atoms with E-state index in [0.717, 1.165) is 31.9 Å². The molecular weight excluding hydrogens is 269 g/mol. The Labute approximate surface area is 123 Å². The summed E-state index contributed by atoms with van der Waals surface area (Å²) in [6.07, 6.45) is 3.57. The summed E-state index contributed by atoms with van der Waals surface area (Å²) >= 11 is 0. The van der Waals surface area contributed by atoms with E-state index in [0.29, 0.717) is 11.3 Å². The Morgan fingerprint density at radius 2 is 1.67 bits per heavy atom. The molecule has 3 rings (SSSR count). The first-order valence-electron chi connectivity index (χ1n) is 7.08. The van der Waals surface area contributed by atoms with Gasteiger partial charge in [0.2, 0.25) is 0 Å². The van der Waals surface area contributed by atoms with Crippen LogP contribution in [0.15, 0.2) is 42.7 Å². The Balaban J connectivity index is 1.72. The van der Waals surface area contributed by atoms with E-state index in [-0.39, 0.29) is 12.4 Å². The number of piperazine rings is 1. The van der Waals surface area contributed by atoms with Gasteiger partial charge in [-0.3, -0.25) is 4.98 Å². The van der Waals surface area contributed by atoms with Crippen LogP contribution in [-0.2, 0) is 6.61 Å². The molecular formula is C16H18FN3O. The molecule has 0 saturated carbocycles. The average molecular weight is 287 g/mol. The Morgan fingerprint density at radius 3 is 2.33 bits per heavy atom. The van der Waals surface area contributed by atoms with Crippen LogP contribution in [-0.4, -0.2) is 36.3 Å². The van der Waals surface area contributed by atoms with Crippen LogP contribution in [0.2, 0.25) is 0 Å². The number of pyridine rings is 1. The molecule has 1 saturated heterocycles. The Bertz CT molecular complexity index is 598. The van der Waals surface area contributed by atoms with Gasteiger partial charge in [-0.15, -0.1) is 0 Å². The van der Waals surface area contributed by atoms with Crippen molar-refractivity contribution in [2.75, 3.05) is 36.0 Å². The molecule has 1 aliphatic heterocycles. The van der Waals surface area contributed by atoms with Crippen molar-refractivity contribution >= 4 is 11.4 Å². The minimum atomic E-state index is -0.308. The SMILES string of the molecule is OCc1cccc(N2CCN(c3ccncc3)CC2)c1F. The zero-order valence-corrected chi connectivity index (χ0v) is 11.7. The fourth-order valence-corrected chi connectivity index (χ4v) is 2.69. The molecule has 1 aliphatic rings. The number of aromatic nitrogens is 1. The minimum Gasteiger partial charge on any atom is -0.392 e. The van der Waals surface area contributed by atoms with Gasteiger partial charge < -0.3 is 14.9 Å². The summed E-state index contributed by atoms with van der Waals surface area (Å²) in [5.41, 5.74) is 2.08. The number of aliphatic hydroxyl groups excluding tert-OH is 1. The van der Waals surface area contributed by atoms with E-state index < -0.39 is 0 Å². The van der Waals surface area contributed by atoms with Crippen molar-refractivity contribution in [3.05, 3.63) is 54.1 Å². The van der Waals surface area contributed by atoms with Crippen molar-refractivity contribution in [1.29, 1.82) is 0 Å². The van der Waals surface area contributed by atoms with Gasteiger partial charge in [-0.1, -0.05) is 12.1 Å². The fraction of sp³-hybridized carbons (Fsp3) is 0.312. The van der Waals surface area contributed by atoms with Crippen LogP contribution in [0.4, 0.5) is 15.8 Å². The molecule has 4 nitrogen and oxygen atoms in total. The van der Waals surface area contributed by atoms with Crippen molar-refractivity contribution in [3.8, 4) is 0 Å². The maximum absolute atomic E-state index is 14.3. The highest BCUT2D eigenvalue weighted by molar-refractivity contribution is 5.53. The standard InChI is InChI=1S/C16H18FN3O/c17-16-13(12-21)2-1-3-15(16)20-10-8-19(9-11-20)14-4-6-18-7-5-14/h1-7,21H,8-12H2. The molecule has 110 valence electrons. The van der Waals surface area contributed by atoms with E-state index in [1.807, 2.05) is 17.0 Å². The molecule has 2 aromatic rings. The molecule has 5 heteroatoms. The maximum atomic E-state index is 14.3. The zero-order chi connectivity index (χ0) is 14.7. The molecule has 1 N–H and O–H groups in total. The van der Waals surface area contributed by atoms with Crippen molar-refractivity contribution in [2.45, 2.75) is 6.61 Å². The number of benzene rings is 1. The average Bonchev–Trinajstić information content (AvgIpc) is 2.56. The number of nitrogens with zero attached hydrogens (tertiary/aromatic N) is 3. The minimum absolute atomic E-state index is 0.267. The zero-order valence-electron chi connectivity index (χ0n) is 11.7. The maximum Gasteiger partial charge on any atom is 0.151 e. The molecule has 0 bridgehead atoms. The summed E-state index contributed by atoms with van der Waals surface area (Å²) in [7, 11) is 0. The summed E-state index contributed by atoms with van der Waals surface area (Å²) < 4.78 is 14.3. The number of rotatable bonds is 3. The lowest BCUT2D eigenvalue weighted by atomic mass is 10.1. The molecule has 21 heavy (non-hydrogen) atoms. The number of hydrogen-bond donors (Lipinski definition) is 1. The van der Waals surface area contributed by atoms with Gasteiger partial charge in [0.05, 0.1) is 12.3 Å². The third-order valence-electron chi connectivity index (χ3n) is 3.88. The van der Waals surface area contributed by atoms with Gasteiger partial charge in [0.15, 0.2) is 5.82 Å². The molecule has 0 atom stereocenters. The number of anilines is 2. The van der Waals surface area contributed by atoms with Gasteiger partial charge in [-0.2, -0.15) is 0 Å². The van der Waals surface area contributed by atoms with Crippen LogP contribution in [0, 0.1) is 5.82 Å². The normalized spacial score (nSPS) is 15.3. The molecule has 0 spiro atoms. The third kappa shape index (κ3) is 2.83. The van der Waals surface area contributed by atoms with E-state index in [1.165, 1.54) is 0 Å². The van der Waals surface area contributed by atoms with Crippen LogP contribution >= 0.6 is 0 Å². The second-order valence-corrected chi connectivity index (χ2v) is 5.09. The number of aliphatic hydroxyl groups is 1. The van der Waals surface area contributed by atoms with Gasteiger partial charge in [0.1, 0.15) is 0 Å². The fourth-order valence-electron chi connectivity index (χ4n) is 2.69. The van der Waals surface area contributed by atoms with Crippen molar-refractivity contribution in [1.82, 2.24) is 4.98 Å². The second kappa shape index (κ2) is 6.10. The first-order valence-corrected chi connectivity index (χ1v) is 7.08. The van der Waals surface area contributed by atoms with Crippen LogP contribution in [0.1, 0.15) is 5.56 Å². The van der Waals surface area contributed by atoms with E-state index in [1.54, 1.807) is 30.6 Å². The molecule has 0 unspecified atom stereocenters. The Hall–Kier alpha value is -2.14. The van der Waals surface area contributed by atoms with Gasteiger partial charge in [0, 0.05) is 49.8 Å². The molecule has 2 heterocycles. The van der Waals surface area contributed by atoms with Crippen molar-refractivity contribution in [2.24, 2.45) is 0 Å². The number of halogens is 1. The largest absolute Gasteiger partial charge is 0.392 e. The quantitative estimate of drug-likeness (QED) is 0.938.